The molecule has 0 unspecified atom stereocenters. The molecule has 2 aromatic rings. The molecule has 0 saturated carbocycles. The molecule has 4 atom stereocenters. The van der Waals surface area contributed by atoms with Gasteiger partial charge in [0.15, 0.2) is 17.7 Å². The third-order valence-electron chi connectivity index (χ3n) is 3.18. The summed E-state index contributed by atoms with van der Waals surface area (Å²) in [7, 11) is -5.72. The average molecular weight is 393 g/mol. The molecule has 3 heterocycles. The van der Waals surface area contributed by atoms with Gasteiger partial charge in [-0.3, -0.25) is 4.57 Å². The summed E-state index contributed by atoms with van der Waals surface area (Å²) in [5.74, 6) is 0.0469. The summed E-state index contributed by atoms with van der Waals surface area (Å²) in [6, 6.07) is 0. The number of ether oxygens (including phenoxy) is 1. The van der Waals surface area contributed by atoms with Crippen molar-refractivity contribution in [3.63, 3.8) is 0 Å². The maximum atomic E-state index is 10.7. The fourth-order valence-electron chi connectivity index (χ4n) is 2.16. The minimum absolute atomic E-state index is 0. The Hall–Kier alpha value is 0.340. The number of rotatable bonds is 4. The van der Waals surface area contributed by atoms with Crippen molar-refractivity contribution >= 4 is 24.8 Å². The maximum absolute atomic E-state index is 10.7. The van der Waals surface area contributed by atoms with E-state index in [1.54, 1.807) is 0 Å². The molecular formula is C10H12N5Na2O7P. The van der Waals surface area contributed by atoms with Crippen LogP contribution in [0, 0.1) is 0 Å². The monoisotopic (exact) mass is 393 g/mol. The average Bonchev–Trinajstić information content (AvgIpc) is 3.01. The fourth-order valence-corrected chi connectivity index (χ4v) is 2.39. The number of nitrogens with two attached hydrogens (primary N) is 1. The minimum atomic E-state index is -5.72. The SMILES string of the molecule is [2H]C([2H])(OP(=O)([O-])[O-])[C@H]1O[C@@H](n2cnc3c(N)ncnc32)[C@H](O)[C@@H]1O.[Na+].[Na+]. The zero-order valence-corrected chi connectivity index (χ0v) is 18.1. The summed E-state index contributed by atoms with van der Waals surface area (Å²) in [5.41, 5.74) is 5.94. The second-order valence-corrected chi connectivity index (χ2v) is 5.74. The van der Waals surface area contributed by atoms with Crippen molar-refractivity contribution in [2.45, 2.75) is 24.5 Å². The van der Waals surface area contributed by atoms with Crippen LogP contribution in [0.3, 0.4) is 0 Å². The van der Waals surface area contributed by atoms with E-state index in [9.17, 15) is 24.6 Å². The van der Waals surface area contributed by atoms with Crippen LogP contribution in [0.5, 0.6) is 0 Å². The van der Waals surface area contributed by atoms with E-state index in [0.717, 1.165) is 10.9 Å². The van der Waals surface area contributed by atoms with Crippen molar-refractivity contribution in [3.05, 3.63) is 12.7 Å². The molecule has 126 valence electrons. The summed E-state index contributed by atoms with van der Waals surface area (Å²) in [5, 5.41) is 20.2. The van der Waals surface area contributed by atoms with Crippen molar-refractivity contribution in [1.29, 1.82) is 0 Å². The van der Waals surface area contributed by atoms with Gasteiger partial charge in [-0.1, -0.05) is 0 Å². The summed E-state index contributed by atoms with van der Waals surface area (Å²) in [6.07, 6.45) is -4.67. The molecular weight excluding hydrogens is 379 g/mol. The number of aliphatic hydroxyl groups is 2. The molecule has 2 aromatic heterocycles. The third kappa shape index (κ3) is 4.99. The van der Waals surface area contributed by atoms with Gasteiger partial charge in [0.05, 0.1) is 23.5 Å². The molecule has 3 rings (SSSR count). The molecule has 1 fully saturated rings. The molecule has 1 aliphatic heterocycles. The first kappa shape index (κ1) is 20.1. The van der Waals surface area contributed by atoms with Crippen LogP contribution < -0.4 is 74.6 Å². The molecule has 15 heteroatoms. The number of aliphatic hydroxyl groups excluding tert-OH is 2. The number of hydrogen-bond donors (Lipinski definition) is 3. The Balaban J connectivity index is 0.00000182. The van der Waals surface area contributed by atoms with E-state index in [0.29, 0.717) is 0 Å². The van der Waals surface area contributed by atoms with Gasteiger partial charge in [0.2, 0.25) is 0 Å². The second kappa shape index (κ2) is 9.02. The van der Waals surface area contributed by atoms with E-state index in [2.05, 4.69) is 19.5 Å². The quantitative estimate of drug-likeness (QED) is 0.330. The van der Waals surface area contributed by atoms with E-state index in [1.807, 2.05) is 0 Å². The van der Waals surface area contributed by atoms with Gasteiger partial charge in [0, 0.05) is 0 Å². The number of anilines is 1. The number of aromatic nitrogens is 4. The molecule has 12 nitrogen and oxygen atoms in total. The van der Waals surface area contributed by atoms with Gasteiger partial charge in [-0.15, -0.1) is 0 Å². The standard InChI is InChI=1S/C10H14N5O7P.2Na/c11-8-5-9(13-2-12-8)15(3-14-5)10-7(17)6(16)4(22-10)1-21-23(18,19)20;;/h2-4,6-7,10,16-17H,1H2,(H2,11,12,13)(H2,18,19,20);;/q;2*+1/p-2/t4-,6-,7-,10-;;/m1../s1/i1D2;;. The van der Waals surface area contributed by atoms with Gasteiger partial charge in [0.1, 0.15) is 30.2 Å². The Morgan fingerprint density at radius 2 is 2.04 bits per heavy atom. The zero-order valence-electron chi connectivity index (χ0n) is 15.2. The first-order valence-corrected chi connectivity index (χ1v) is 7.65. The van der Waals surface area contributed by atoms with Crippen LogP contribution in [0.2, 0.25) is 0 Å². The van der Waals surface area contributed by atoms with E-state index < -0.39 is 38.9 Å². The second-order valence-electron chi connectivity index (χ2n) is 4.67. The Bertz CT molecular complexity index is 854. The van der Waals surface area contributed by atoms with E-state index in [1.165, 1.54) is 6.33 Å². The van der Waals surface area contributed by atoms with Crippen LogP contribution >= 0.6 is 7.82 Å². The van der Waals surface area contributed by atoms with Crippen molar-refractivity contribution < 1.29 is 95.7 Å². The Kier molecular flexibility index (Phi) is 7.25. The molecule has 0 radical (unpaired) electrons. The molecule has 0 bridgehead atoms. The maximum Gasteiger partial charge on any atom is 1.00 e. The van der Waals surface area contributed by atoms with Crippen LogP contribution in [0.4, 0.5) is 5.82 Å². The van der Waals surface area contributed by atoms with Crippen LogP contribution in [-0.2, 0) is 13.8 Å². The molecule has 1 aliphatic rings. The molecule has 0 aliphatic carbocycles. The van der Waals surface area contributed by atoms with E-state index in [-0.39, 0.29) is 76.1 Å². The summed E-state index contributed by atoms with van der Waals surface area (Å²) >= 11 is 0. The number of nitrogens with zero attached hydrogens (tertiary/aromatic N) is 4. The Labute approximate surface area is 188 Å². The van der Waals surface area contributed by atoms with Gasteiger partial charge in [-0.2, -0.15) is 0 Å². The van der Waals surface area contributed by atoms with Gasteiger partial charge in [-0.05, 0) is 0 Å². The summed E-state index contributed by atoms with van der Waals surface area (Å²) in [6.45, 7) is -3.21. The van der Waals surface area contributed by atoms with E-state index >= 15 is 0 Å². The first-order chi connectivity index (χ1) is 11.5. The minimum Gasteiger partial charge on any atom is -0.790 e. The Morgan fingerprint density at radius 1 is 1.36 bits per heavy atom. The predicted molar refractivity (Wildman–Crippen MR) is 69.2 cm³/mol. The summed E-state index contributed by atoms with van der Waals surface area (Å²) < 4.78 is 35.9. The van der Waals surface area contributed by atoms with Crippen molar-refractivity contribution in [2.75, 3.05) is 12.3 Å². The molecule has 0 amide bonds. The molecule has 0 aromatic carbocycles. The summed E-state index contributed by atoms with van der Waals surface area (Å²) in [4.78, 5) is 32.9. The number of nitrogen functional groups attached to an aromatic ring is 1. The number of fused-ring (bicyclic) bond motifs is 1. The normalized spacial score (nSPS) is 28.0. The largest absolute Gasteiger partial charge is 1.00 e. The van der Waals surface area contributed by atoms with Crippen molar-refractivity contribution in [2.24, 2.45) is 0 Å². The number of imidazole rings is 1. The molecule has 1 saturated heterocycles. The number of hydrogen-bond acceptors (Lipinski definition) is 11. The van der Waals surface area contributed by atoms with Gasteiger partial charge in [-0.25, -0.2) is 15.0 Å². The zero-order chi connectivity index (χ0) is 18.6. The first-order valence-electron chi connectivity index (χ1n) is 7.18. The topological polar surface area (TPSA) is 192 Å². The van der Waals surface area contributed by atoms with E-state index in [4.69, 9.17) is 13.2 Å². The number of phosphoric acid groups is 1. The molecule has 25 heavy (non-hydrogen) atoms. The van der Waals surface area contributed by atoms with Crippen LogP contribution in [0.25, 0.3) is 11.2 Å². The Morgan fingerprint density at radius 3 is 2.68 bits per heavy atom. The van der Waals surface area contributed by atoms with Gasteiger partial charge in [0.25, 0.3) is 0 Å². The van der Waals surface area contributed by atoms with Crippen molar-refractivity contribution in [1.82, 2.24) is 19.5 Å². The van der Waals surface area contributed by atoms with Gasteiger partial charge >= 0.3 is 59.1 Å². The predicted octanol–water partition coefficient (Wildman–Crippen LogP) is -9.12. The van der Waals surface area contributed by atoms with Crippen LogP contribution in [0.15, 0.2) is 12.7 Å². The van der Waals surface area contributed by atoms with Gasteiger partial charge < -0.3 is 39.6 Å². The van der Waals surface area contributed by atoms with Crippen LogP contribution in [0.1, 0.15) is 8.97 Å². The third-order valence-corrected chi connectivity index (χ3v) is 3.51. The number of phosphoric ester groups is 1. The fraction of sp³-hybridized carbons (Fsp3) is 0.500. The van der Waals surface area contributed by atoms with Crippen LogP contribution in [-0.4, -0.2) is 54.6 Å². The molecule has 4 N–H and O–H groups in total. The smallest absolute Gasteiger partial charge is 0.790 e. The molecule has 0 spiro atoms. The van der Waals surface area contributed by atoms with Crippen molar-refractivity contribution in [3.8, 4) is 0 Å².